The van der Waals surface area contributed by atoms with Crippen molar-refractivity contribution in [1.29, 1.82) is 0 Å². The van der Waals surface area contributed by atoms with Gasteiger partial charge in [0, 0.05) is 81.4 Å². The van der Waals surface area contributed by atoms with E-state index in [1.54, 1.807) is 78.7 Å². The Labute approximate surface area is 397 Å². The number of carbonyl (C=O) groups excluding carboxylic acids is 5. The monoisotopic (exact) mass is 930 g/mol. The molecule has 0 atom stereocenters. The van der Waals surface area contributed by atoms with E-state index in [-0.39, 0.29) is 59.4 Å². The predicted octanol–water partition coefficient (Wildman–Crippen LogP) is 9.76. The number of benzene rings is 3. The second-order valence-electron chi connectivity index (χ2n) is 19.1. The Bertz CT molecular complexity index is 2490. The van der Waals surface area contributed by atoms with Crippen molar-refractivity contribution in [2.24, 2.45) is 0 Å². The second kappa shape index (κ2) is 20.9. The molecule has 0 spiro atoms. The Kier molecular flexibility index (Phi) is 15.1. The second-order valence-corrected chi connectivity index (χ2v) is 19.1. The number of amides is 5. The molecule has 16 nitrogen and oxygen atoms in total. The molecule has 5 amide bonds. The Morgan fingerprint density at radius 3 is 1.66 bits per heavy atom. The van der Waals surface area contributed by atoms with Gasteiger partial charge in [0.15, 0.2) is 11.5 Å². The van der Waals surface area contributed by atoms with Crippen LogP contribution in [0.3, 0.4) is 0 Å². The molecule has 1 N–H and O–H groups in total. The first kappa shape index (κ1) is 49.0. The highest BCUT2D eigenvalue weighted by molar-refractivity contribution is 6.25. The van der Waals surface area contributed by atoms with Crippen molar-refractivity contribution in [1.82, 2.24) is 24.7 Å². The highest BCUT2D eigenvalue weighted by Gasteiger charge is 2.32. The third-order valence-electron chi connectivity index (χ3n) is 11.9. The van der Waals surface area contributed by atoms with E-state index in [1.165, 1.54) is 16.8 Å². The summed E-state index contributed by atoms with van der Waals surface area (Å²) in [5, 5.41) is 3.34. The van der Waals surface area contributed by atoms with Crippen LogP contribution in [0.15, 0.2) is 91.3 Å². The number of rotatable bonds is 11. The van der Waals surface area contributed by atoms with Gasteiger partial charge in [0.25, 0.3) is 11.8 Å². The zero-order chi connectivity index (χ0) is 48.8. The molecule has 16 heteroatoms. The number of carbonyl (C=O) groups is 5. The van der Waals surface area contributed by atoms with Crippen LogP contribution in [0.1, 0.15) is 111 Å². The van der Waals surface area contributed by atoms with Crippen LogP contribution < -0.4 is 19.7 Å². The Hall–Kier alpha value is -6.94. The Morgan fingerprint density at radius 2 is 1.19 bits per heavy atom. The summed E-state index contributed by atoms with van der Waals surface area (Å²) in [7, 11) is 3.11. The lowest BCUT2D eigenvalue weighted by molar-refractivity contribution is 0.0194. The van der Waals surface area contributed by atoms with Gasteiger partial charge in [-0.2, -0.15) is 0 Å². The number of aromatic nitrogens is 2. The van der Waals surface area contributed by atoms with Crippen LogP contribution in [0.2, 0.25) is 0 Å². The van der Waals surface area contributed by atoms with Crippen molar-refractivity contribution >= 4 is 46.8 Å². The molecule has 0 bridgehead atoms. The number of pyridine rings is 1. The third kappa shape index (κ3) is 12.0. The number of nitrogens with one attached hydrogen (secondary N) is 1. The molecule has 68 heavy (non-hydrogen) atoms. The first-order chi connectivity index (χ1) is 32.4. The van der Waals surface area contributed by atoms with E-state index < -0.39 is 23.0 Å². The average molecular weight is 931 g/mol. The van der Waals surface area contributed by atoms with Crippen LogP contribution in [-0.2, 0) is 14.2 Å². The van der Waals surface area contributed by atoms with Gasteiger partial charge in [-0.1, -0.05) is 24.3 Å². The number of nitrogens with zero attached hydrogens (tertiary/aromatic N) is 5. The lowest BCUT2D eigenvalue weighted by Gasteiger charge is -2.33. The first-order valence-corrected chi connectivity index (χ1v) is 23.1. The summed E-state index contributed by atoms with van der Waals surface area (Å²) >= 11 is 0. The van der Waals surface area contributed by atoms with Crippen molar-refractivity contribution in [3.8, 4) is 17.2 Å². The van der Waals surface area contributed by atoms with Crippen LogP contribution in [0.4, 0.5) is 20.2 Å². The molecule has 0 radical (unpaired) electrons. The first-order valence-electron chi connectivity index (χ1n) is 23.1. The lowest BCUT2D eigenvalue weighted by Crippen LogP contribution is -2.41. The van der Waals surface area contributed by atoms with Gasteiger partial charge in [0.1, 0.15) is 29.4 Å². The summed E-state index contributed by atoms with van der Waals surface area (Å²) in [5.41, 5.74) is 2.03. The van der Waals surface area contributed by atoms with Crippen molar-refractivity contribution < 1.29 is 47.7 Å². The maximum atomic E-state index is 14.7. The average Bonchev–Trinajstić information content (AvgIpc) is 3.73. The highest BCUT2D eigenvalue weighted by Crippen LogP contribution is 2.38. The fourth-order valence-corrected chi connectivity index (χ4v) is 8.38. The van der Waals surface area contributed by atoms with Crippen molar-refractivity contribution in [3.63, 3.8) is 0 Å². The van der Waals surface area contributed by atoms with Crippen LogP contribution in [0.5, 0.6) is 17.2 Å². The maximum Gasteiger partial charge on any atom is 0.410 e. The molecule has 360 valence electrons. The lowest BCUT2D eigenvalue weighted by atomic mass is 9.89. The number of piperidine rings is 2. The maximum absolute atomic E-state index is 14.7. The van der Waals surface area contributed by atoms with E-state index in [1.807, 2.05) is 65.8 Å². The molecule has 5 aromatic rings. The van der Waals surface area contributed by atoms with E-state index in [0.717, 1.165) is 41.7 Å². The molecule has 0 saturated carbocycles. The van der Waals surface area contributed by atoms with Gasteiger partial charge in [0.2, 0.25) is 0 Å². The van der Waals surface area contributed by atoms with Crippen molar-refractivity contribution in [2.45, 2.75) is 90.3 Å². The molecule has 3 aromatic carbocycles. The van der Waals surface area contributed by atoms with E-state index in [4.69, 9.17) is 23.7 Å². The van der Waals surface area contributed by atoms with E-state index in [2.05, 4.69) is 10.3 Å². The van der Waals surface area contributed by atoms with E-state index in [0.29, 0.717) is 55.2 Å². The molecule has 7 rings (SSSR count). The van der Waals surface area contributed by atoms with Crippen LogP contribution in [0.25, 0.3) is 10.9 Å². The minimum atomic E-state index is -0.593. The Balaban J connectivity index is 1.15. The van der Waals surface area contributed by atoms with Gasteiger partial charge in [-0.15, -0.1) is 0 Å². The smallest absolute Gasteiger partial charge is 0.410 e. The number of fused-ring (bicyclic) bond motifs is 1. The summed E-state index contributed by atoms with van der Waals surface area (Å²) in [6, 6.07) is 22.5. The van der Waals surface area contributed by atoms with Gasteiger partial charge >= 0.3 is 18.2 Å². The summed E-state index contributed by atoms with van der Waals surface area (Å²) < 4.78 is 30.3. The molecule has 4 heterocycles. The fourth-order valence-electron chi connectivity index (χ4n) is 8.38. The number of hydrogen-bond donors (Lipinski definition) is 1. The molecule has 2 aliphatic heterocycles. The summed E-state index contributed by atoms with van der Waals surface area (Å²) in [4.78, 5) is 76.5. The quantitative estimate of drug-likeness (QED) is 0.0988. The van der Waals surface area contributed by atoms with Gasteiger partial charge in [-0.3, -0.25) is 14.2 Å². The van der Waals surface area contributed by atoms with Gasteiger partial charge in [-0.25, -0.2) is 24.3 Å². The minimum Gasteiger partial charge on any atom is -0.487 e. The Morgan fingerprint density at radius 1 is 0.676 bits per heavy atom. The highest BCUT2D eigenvalue weighted by atomic mass is 16.6. The molecule has 0 aliphatic carbocycles. The molecule has 2 aliphatic rings. The van der Waals surface area contributed by atoms with Crippen LogP contribution >= 0.6 is 0 Å². The van der Waals surface area contributed by atoms with Crippen molar-refractivity contribution in [2.75, 3.05) is 58.5 Å². The topological polar surface area (TPSA) is 171 Å². The SMILES string of the molecule is CNC(=O)n1ccc2cc(Oc3ccnc(N(C(=O)c4ccc(C5CCN(C(=O)OC(C)(C)C)CC5)cc4)C(=O)c4ccc(C5CCN(C(=O)OC(C)(C)C)CC5)cc4)c3)c(OCCOC)cc21. The van der Waals surface area contributed by atoms with Gasteiger partial charge < -0.3 is 38.8 Å². The number of hydrogen-bond acceptors (Lipinski definition) is 11. The normalized spacial score (nSPS) is 14.9. The number of methoxy groups -OCH3 is 1. The number of anilines is 1. The van der Waals surface area contributed by atoms with E-state index >= 15 is 0 Å². The molecular weight excluding hydrogens is 869 g/mol. The van der Waals surface area contributed by atoms with Gasteiger partial charge in [-0.05, 0) is 133 Å². The number of likely N-dealkylation sites (tertiary alicyclic amines) is 2. The zero-order valence-corrected chi connectivity index (χ0v) is 40.2. The predicted molar refractivity (Wildman–Crippen MR) is 257 cm³/mol. The summed E-state index contributed by atoms with van der Waals surface area (Å²) in [6.07, 6.45) is 5.40. The largest absolute Gasteiger partial charge is 0.487 e. The molecule has 2 saturated heterocycles. The number of ether oxygens (including phenoxy) is 5. The molecule has 2 aromatic heterocycles. The van der Waals surface area contributed by atoms with Gasteiger partial charge in [0.05, 0.1) is 12.1 Å². The van der Waals surface area contributed by atoms with Crippen LogP contribution in [-0.4, -0.2) is 114 Å². The number of imide groups is 1. The van der Waals surface area contributed by atoms with E-state index in [9.17, 15) is 24.0 Å². The molecule has 0 unspecified atom stereocenters. The standard InChI is InChI=1S/C52H62N6O10/c1-51(2,3)67-49(62)55-24-18-36(19-25-55)34-9-13-38(14-10-34)46(59)58(47(60)39-15-11-35(12-16-39)37-20-26-56(27-21-37)50(63)68-52(4,5)6)45-32-41(17-23-54-45)66-44-31-40-22-28-57(48(61)53-7)42(40)33-43(44)65-30-29-64-8/h9-17,22-23,28,31-33,36-37H,18-21,24-27,29-30H2,1-8H3,(H,53,61). The van der Waals surface area contributed by atoms with Crippen LogP contribution in [0, 0.1) is 0 Å². The molecule has 2 fully saturated rings. The summed E-state index contributed by atoms with van der Waals surface area (Å²) in [5.74, 6) is 0.108. The fraction of sp³-hybridized carbons (Fsp3) is 0.423. The third-order valence-corrected chi connectivity index (χ3v) is 11.9. The minimum absolute atomic E-state index is 0.0309. The zero-order valence-electron chi connectivity index (χ0n) is 40.2. The summed E-state index contributed by atoms with van der Waals surface area (Å²) in [6.45, 7) is 13.8. The van der Waals surface area contributed by atoms with Crippen molar-refractivity contribution in [3.05, 3.63) is 114 Å². The molecular formula is C52H62N6O10.